The highest BCUT2D eigenvalue weighted by molar-refractivity contribution is 5.36. The van der Waals surface area contributed by atoms with Crippen molar-refractivity contribution in [1.29, 1.82) is 0 Å². The smallest absolute Gasteiger partial charge is 0.147 e. The number of benzene rings is 1. The molecule has 1 unspecified atom stereocenters. The maximum atomic E-state index is 4.27. The summed E-state index contributed by atoms with van der Waals surface area (Å²) in [5, 5.41) is 11.9. The third kappa shape index (κ3) is 3.23. The fourth-order valence-corrected chi connectivity index (χ4v) is 2.90. The fourth-order valence-electron chi connectivity index (χ4n) is 2.90. The maximum absolute atomic E-state index is 4.27. The Hall–Kier alpha value is -2.47. The molecular weight excluding hydrogens is 300 g/mol. The summed E-state index contributed by atoms with van der Waals surface area (Å²) in [5.74, 6) is 2.93. The molecule has 2 aromatic heterocycles. The first kappa shape index (κ1) is 16.4. The lowest BCUT2D eigenvalue weighted by atomic mass is 10.1. The van der Waals surface area contributed by atoms with Gasteiger partial charge in [0.05, 0.1) is 6.54 Å². The van der Waals surface area contributed by atoms with Crippen molar-refractivity contribution in [2.24, 2.45) is 0 Å². The maximum Gasteiger partial charge on any atom is 0.147 e. The Morgan fingerprint density at radius 1 is 1.08 bits per heavy atom. The van der Waals surface area contributed by atoms with Crippen molar-refractivity contribution in [3.63, 3.8) is 0 Å². The Bertz CT molecular complexity index is 799. The fraction of sp³-hybridized carbons (Fsp3) is 0.389. The average Bonchev–Trinajstić information content (AvgIpc) is 3.18. The first-order chi connectivity index (χ1) is 11.6. The van der Waals surface area contributed by atoms with Crippen molar-refractivity contribution >= 4 is 0 Å². The van der Waals surface area contributed by atoms with Gasteiger partial charge in [0.25, 0.3) is 0 Å². The van der Waals surface area contributed by atoms with Crippen molar-refractivity contribution < 1.29 is 0 Å². The van der Waals surface area contributed by atoms with Gasteiger partial charge in [-0.1, -0.05) is 12.1 Å². The summed E-state index contributed by atoms with van der Waals surface area (Å²) >= 11 is 0. The number of nitrogens with zero attached hydrogens (tertiary/aromatic N) is 5. The summed E-state index contributed by atoms with van der Waals surface area (Å²) in [5.41, 5.74) is 2.37. The predicted octanol–water partition coefficient (Wildman–Crippen LogP) is 2.95. The first-order valence-electron chi connectivity index (χ1n) is 8.32. The third-order valence-electron chi connectivity index (χ3n) is 4.39. The van der Waals surface area contributed by atoms with Crippen molar-refractivity contribution in [3.05, 3.63) is 59.7 Å². The summed E-state index contributed by atoms with van der Waals surface area (Å²) in [4.78, 5) is 4.27. The minimum atomic E-state index is 0.241. The van der Waals surface area contributed by atoms with Gasteiger partial charge in [0.2, 0.25) is 0 Å². The van der Waals surface area contributed by atoms with Crippen molar-refractivity contribution in [2.45, 2.75) is 46.8 Å². The molecule has 126 valence electrons. The van der Waals surface area contributed by atoms with Gasteiger partial charge in [0, 0.05) is 30.7 Å². The van der Waals surface area contributed by atoms with E-state index < -0.39 is 0 Å². The molecule has 1 N–H and O–H groups in total. The molecule has 24 heavy (non-hydrogen) atoms. The van der Waals surface area contributed by atoms with Gasteiger partial charge in [-0.25, -0.2) is 4.98 Å². The van der Waals surface area contributed by atoms with Crippen LogP contribution in [0.25, 0.3) is 5.69 Å². The highest BCUT2D eigenvalue weighted by Gasteiger charge is 2.10. The second-order valence-electron chi connectivity index (χ2n) is 5.95. The molecule has 0 aliphatic rings. The van der Waals surface area contributed by atoms with E-state index in [-0.39, 0.29) is 6.04 Å². The first-order valence-corrected chi connectivity index (χ1v) is 8.32. The highest BCUT2D eigenvalue weighted by Crippen LogP contribution is 2.17. The lowest BCUT2D eigenvalue weighted by Gasteiger charge is -2.15. The van der Waals surface area contributed by atoms with E-state index in [4.69, 9.17) is 0 Å². The van der Waals surface area contributed by atoms with Crippen LogP contribution in [0.15, 0.2) is 36.7 Å². The van der Waals surface area contributed by atoms with Crippen LogP contribution in [0.4, 0.5) is 0 Å². The van der Waals surface area contributed by atoms with Crippen LogP contribution < -0.4 is 5.32 Å². The lowest BCUT2D eigenvalue weighted by molar-refractivity contribution is 0.537. The van der Waals surface area contributed by atoms with Crippen LogP contribution >= 0.6 is 0 Å². The Morgan fingerprint density at radius 2 is 1.83 bits per heavy atom. The van der Waals surface area contributed by atoms with E-state index in [9.17, 15) is 0 Å². The topological polar surface area (TPSA) is 60.6 Å². The van der Waals surface area contributed by atoms with Crippen molar-refractivity contribution in [1.82, 2.24) is 29.6 Å². The molecule has 0 amide bonds. The number of aryl methyl sites for hydroxylation is 2. The van der Waals surface area contributed by atoms with Crippen LogP contribution in [0.2, 0.25) is 0 Å². The number of hydrogen-bond acceptors (Lipinski definition) is 4. The number of aromatic nitrogens is 5. The minimum Gasteiger partial charge on any atom is -0.314 e. The zero-order chi connectivity index (χ0) is 17.1. The normalized spacial score (nSPS) is 12.5. The summed E-state index contributed by atoms with van der Waals surface area (Å²) < 4.78 is 4.21. The van der Waals surface area contributed by atoms with Crippen LogP contribution in [0.5, 0.6) is 0 Å². The van der Waals surface area contributed by atoms with Gasteiger partial charge < -0.3 is 14.5 Å². The van der Waals surface area contributed by atoms with E-state index in [0.29, 0.717) is 6.54 Å². The lowest BCUT2D eigenvalue weighted by Crippen LogP contribution is -2.21. The molecule has 0 aliphatic heterocycles. The molecule has 2 heterocycles. The predicted molar refractivity (Wildman–Crippen MR) is 94.0 cm³/mol. The van der Waals surface area contributed by atoms with Gasteiger partial charge in [0.1, 0.15) is 17.5 Å². The molecule has 0 bridgehead atoms. The van der Waals surface area contributed by atoms with Crippen LogP contribution in [-0.2, 0) is 13.1 Å². The standard InChI is InChI=1S/C18H24N6/c1-5-23-15(4)21-22-18(23)12-20-13(2)16-6-8-17(9-7-16)24-11-10-19-14(24)3/h6-11,13,20H,5,12H2,1-4H3. The molecular formula is C18H24N6. The van der Waals surface area contributed by atoms with Crippen molar-refractivity contribution in [3.8, 4) is 5.69 Å². The van der Waals surface area contributed by atoms with Gasteiger partial charge in [-0.2, -0.15) is 0 Å². The van der Waals surface area contributed by atoms with E-state index in [0.717, 1.165) is 29.7 Å². The zero-order valence-electron chi connectivity index (χ0n) is 14.7. The Kier molecular flexibility index (Phi) is 4.76. The van der Waals surface area contributed by atoms with Gasteiger partial charge in [0.15, 0.2) is 0 Å². The number of hydrogen-bond donors (Lipinski definition) is 1. The van der Waals surface area contributed by atoms with E-state index in [1.54, 1.807) is 0 Å². The highest BCUT2D eigenvalue weighted by atomic mass is 15.3. The van der Waals surface area contributed by atoms with Crippen LogP contribution in [0, 0.1) is 13.8 Å². The number of nitrogens with one attached hydrogen (secondary N) is 1. The molecule has 3 rings (SSSR count). The second kappa shape index (κ2) is 6.97. The molecule has 0 radical (unpaired) electrons. The van der Waals surface area contributed by atoms with Gasteiger partial charge in [-0.3, -0.25) is 0 Å². The van der Waals surface area contributed by atoms with E-state index in [1.807, 2.05) is 26.2 Å². The molecule has 0 aliphatic carbocycles. The number of rotatable bonds is 6. The zero-order valence-corrected chi connectivity index (χ0v) is 14.7. The Labute approximate surface area is 142 Å². The molecule has 3 aromatic rings. The van der Waals surface area contributed by atoms with Crippen molar-refractivity contribution in [2.75, 3.05) is 0 Å². The molecule has 1 aromatic carbocycles. The molecule has 1 atom stereocenters. The number of imidazole rings is 1. The minimum absolute atomic E-state index is 0.241. The van der Waals surface area contributed by atoms with Crippen LogP contribution in [0.1, 0.15) is 42.9 Å². The SMILES string of the molecule is CCn1c(C)nnc1CNC(C)c1ccc(-n2ccnc2C)cc1. The largest absolute Gasteiger partial charge is 0.314 e. The Morgan fingerprint density at radius 3 is 2.46 bits per heavy atom. The van der Waals surface area contributed by atoms with Gasteiger partial charge in [-0.15, -0.1) is 10.2 Å². The van der Waals surface area contributed by atoms with E-state index in [2.05, 4.69) is 67.7 Å². The summed E-state index contributed by atoms with van der Waals surface area (Å²) in [6.07, 6.45) is 3.80. The molecule has 6 nitrogen and oxygen atoms in total. The summed E-state index contributed by atoms with van der Waals surface area (Å²) in [6.45, 7) is 9.86. The molecule has 0 saturated carbocycles. The molecule has 0 saturated heterocycles. The van der Waals surface area contributed by atoms with E-state index in [1.165, 1.54) is 5.56 Å². The third-order valence-corrected chi connectivity index (χ3v) is 4.39. The van der Waals surface area contributed by atoms with Gasteiger partial charge in [-0.05, 0) is 45.4 Å². The van der Waals surface area contributed by atoms with Crippen LogP contribution in [0.3, 0.4) is 0 Å². The average molecular weight is 324 g/mol. The summed E-state index contributed by atoms with van der Waals surface area (Å²) in [7, 11) is 0. The summed E-state index contributed by atoms with van der Waals surface area (Å²) in [6, 6.07) is 8.80. The Balaban J connectivity index is 1.67. The second-order valence-corrected chi connectivity index (χ2v) is 5.95. The van der Waals surface area contributed by atoms with E-state index >= 15 is 0 Å². The molecule has 6 heteroatoms. The quantitative estimate of drug-likeness (QED) is 0.757. The van der Waals surface area contributed by atoms with Crippen LogP contribution in [-0.4, -0.2) is 24.3 Å². The molecule has 0 spiro atoms. The van der Waals surface area contributed by atoms with Gasteiger partial charge >= 0.3 is 0 Å². The molecule has 0 fully saturated rings. The monoisotopic (exact) mass is 324 g/mol.